The van der Waals surface area contributed by atoms with E-state index in [0.717, 1.165) is 11.8 Å². The largest absolute Gasteiger partial charge is 0.378 e. The number of nitrogens with one attached hydrogen (secondary N) is 1. The van der Waals surface area contributed by atoms with Crippen LogP contribution in [0.5, 0.6) is 0 Å². The number of hydrogen-bond donors (Lipinski definition) is 1. The molecule has 2 aromatic rings. The maximum Gasteiger partial charge on any atom is 0.0447 e. The topological polar surface area (TPSA) is 15.3 Å². The van der Waals surface area contributed by atoms with Gasteiger partial charge in [0.15, 0.2) is 0 Å². The first kappa shape index (κ1) is 10.8. The van der Waals surface area contributed by atoms with Crippen molar-refractivity contribution in [3.8, 4) is 0 Å². The summed E-state index contributed by atoms with van der Waals surface area (Å²) in [6.07, 6.45) is 1.44. The van der Waals surface area contributed by atoms with Gasteiger partial charge >= 0.3 is 0 Å². The number of anilines is 1. The van der Waals surface area contributed by atoms with Crippen LogP contribution in [0.2, 0.25) is 0 Å². The number of fused-ring (bicyclic) bond motifs is 2. The van der Waals surface area contributed by atoms with Crippen molar-refractivity contribution < 1.29 is 0 Å². The van der Waals surface area contributed by atoms with Crippen LogP contribution in [0.1, 0.15) is 17.3 Å². The molecule has 1 saturated heterocycles. The second kappa shape index (κ2) is 3.72. The summed E-state index contributed by atoms with van der Waals surface area (Å²) in [5.41, 5.74) is 1.29. The zero-order valence-corrected chi connectivity index (χ0v) is 11.6. The Morgan fingerprint density at radius 2 is 2.17 bits per heavy atom. The highest BCUT2D eigenvalue weighted by atomic mass is 32.1. The zero-order valence-electron chi connectivity index (χ0n) is 10.8. The van der Waals surface area contributed by atoms with Crippen molar-refractivity contribution in [3.63, 3.8) is 0 Å². The molecule has 3 unspecified atom stereocenters. The summed E-state index contributed by atoms with van der Waals surface area (Å²) < 4.78 is 1.42. The Hall–Kier alpha value is -1.06. The van der Waals surface area contributed by atoms with Crippen molar-refractivity contribution in [1.29, 1.82) is 0 Å². The monoisotopic (exact) mass is 258 g/mol. The summed E-state index contributed by atoms with van der Waals surface area (Å²) in [5, 5.41) is 5.07. The van der Waals surface area contributed by atoms with Gasteiger partial charge < -0.3 is 10.2 Å². The van der Waals surface area contributed by atoms with Crippen LogP contribution >= 0.6 is 11.3 Å². The highest BCUT2D eigenvalue weighted by Gasteiger charge is 2.48. The molecule has 1 aromatic heterocycles. The number of hydrogen-bond acceptors (Lipinski definition) is 3. The lowest BCUT2D eigenvalue weighted by Gasteiger charge is -2.11. The second-order valence-corrected chi connectivity index (χ2v) is 6.93. The van der Waals surface area contributed by atoms with E-state index in [2.05, 4.69) is 48.6 Å². The molecule has 1 aliphatic carbocycles. The van der Waals surface area contributed by atoms with Gasteiger partial charge in [0.2, 0.25) is 0 Å². The van der Waals surface area contributed by atoms with E-state index in [0.29, 0.717) is 6.04 Å². The third-order valence-corrected chi connectivity index (χ3v) is 5.55. The van der Waals surface area contributed by atoms with Gasteiger partial charge in [-0.05, 0) is 54.5 Å². The molecule has 4 rings (SSSR count). The minimum atomic E-state index is 0.634. The molecule has 1 N–H and O–H groups in total. The highest BCUT2D eigenvalue weighted by Crippen LogP contribution is 2.53. The number of benzene rings is 1. The van der Waals surface area contributed by atoms with Gasteiger partial charge in [0.05, 0.1) is 0 Å². The number of nitrogens with zero attached hydrogens (tertiary/aromatic N) is 1. The smallest absolute Gasteiger partial charge is 0.0447 e. The van der Waals surface area contributed by atoms with Gasteiger partial charge in [0, 0.05) is 35.4 Å². The van der Waals surface area contributed by atoms with E-state index < -0.39 is 0 Å². The molecule has 1 aliphatic heterocycles. The zero-order chi connectivity index (χ0) is 12.3. The van der Waals surface area contributed by atoms with Crippen LogP contribution in [0.3, 0.4) is 0 Å². The van der Waals surface area contributed by atoms with E-state index in [9.17, 15) is 0 Å². The predicted octanol–water partition coefficient (Wildman–Crippen LogP) is 3.25. The van der Waals surface area contributed by atoms with Gasteiger partial charge in [-0.15, -0.1) is 11.3 Å². The van der Waals surface area contributed by atoms with Gasteiger partial charge in [-0.2, -0.15) is 0 Å². The van der Waals surface area contributed by atoms with E-state index >= 15 is 0 Å². The summed E-state index contributed by atoms with van der Waals surface area (Å²) in [5.74, 6) is 1.89. The summed E-state index contributed by atoms with van der Waals surface area (Å²) in [6.45, 7) is 1.23. The number of piperidine rings is 1. The lowest BCUT2D eigenvalue weighted by atomic mass is 10.1. The molecule has 0 bridgehead atoms. The summed E-state index contributed by atoms with van der Waals surface area (Å²) >= 11 is 1.96. The molecule has 2 fully saturated rings. The van der Waals surface area contributed by atoms with Crippen molar-refractivity contribution in [3.05, 3.63) is 29.1 Å². The van der Waals surface area contributed by atoms with E-state index in [1.165, 1.54) is 33.6 Å². The van der Waals surface area contributed by atoms with Crippen molar-refractivity contribution in [2.24, 2.45) is 11.8 Å². The molecule has 2 aliphatic rings. The summed E-state index contributed by atoms with van der Waals surface area (Å²) in [6, 6.07) is 9.80. The number of thiophene rings is 1. The fourth-order valence-corrected chi connectivity index (χ4v) is 4.33. The van der Waals surface area contributed by atoms with Crippen LogP contribution in [0, 0.1) is 11.8 Å². The molecule has 1 saturated carbocycles. The fraction of sp³-hybridized carbons (Fsp3) is 0.467. The first-order chi connectivity index (χ1) is 8.72. The van der Waals surface area contributed by atoms with E-state index in [1.807, 2.05) is 11.3 Å². The predicted molar refractivity (Wildman–Crippen MR) is 78.5 cm³/mol. The van der Waals surface area contributed by atoms with Gasteiger partial charge in [0.1, 0.15) is 0 Å². The maximum atomic E-state index is 3.67. The van der Waals surface area contributed by atoms with E-state index in [-0.39, 0.29) is 0 Å². The van der Waals surface area contributed by atoms with E-state index in [1.54, 1.807) is 0 Å². The van der Waals surface area contributed by atoms with Crippen LogP contribution in [0.4, 0.5) is 5.69 Å². The molecule has 0 radical (unpaired) electrons. The van der Waals surface area contributed by atoms with Crippen molar-refractivity contribution in [2.45, 2.75) is 12.5 Å². The Kier molecular flexibility index (Phi) is 2.24. The molecule has 2 heterocycles. The standard InChI is InChI=1S/C15H18N2S/c1-17(2)11-3-4-13-9(5-11)7-14(18-13)15-12-6-10(12)8-16-15/h3-5,7,10,12,15-16H,6,8H2,1-2H3. The van der Waals surface area contributed by atoms with Crippen molar-refractivity contribution in [2.75, 3.05) is 25.5 Å². The highest BCUT2D eigenvalue weighted by molar-refractivity contribution is 7.19. The van der Waals surface area contributed by atoms with E-state index in [4.69, 9.17) is 0 Å². The summed E-state index contributed by atoms with van der Waals surface area (Å²) in [7, 11) is 4.20. The lowest BCUT2D eigenvalue weighted by molar-refractivity contribution is 0.572. The molecule has 2 nitrogen and oxygen atoms in total. The van der Waals surface area contributed by atoms with Crippen molar-refractivity contribution in [1.82, 2.24) is 5.32 Å². The minimum absolute atomic E-state index is 0.634. The minimum Gasteiger partial charge on any atom is -0.378 e. The van der Waals surface area contributed by atoms with Crippen LogP contribution < -0.4 is 10.2 Å². The molecular weight excluding hydrogens is 240 g/mol. The molecule has 1 aromatic carbocycles. The third-order valence-electron chi connectivity index (χ3n) is 4.35. The second-order valence-electron chi connectivity index (χ2n) is 5.81. The molecule has 3 heteroatoms. The third kappa shape index (κ3) is 1.57. The van der Waals surface area contributed by atoms with Crippen LogP contribution in [0.25, 0.3) is 10.1 Å². The quantitative estimate of drug-likeness (QED) is 0.889. The van der Waals surface area contributed by atoms with Gasteiger partial charge in [-0.1, -0.05) is 0 Å². The van der Waals surface area contributed by atoms with Gasteiger partial charge in [-0.3, -0.25) is 0 Å². The van der Waals surface area contributed by atoms with Crippen LogP contribution in [-0.4, -0.2) is 20.6 Å². The van der Waals surface area contributed by atoms with Gasteiger partial charge in [0.25, 0.3) is 0 Å². The average molecular weight is 258 g/mol. The fourth-order valence-electron chi connectivity index (χ4n) is 3.14. The molecule has 18 heavy (non-hydrogen) atoms. The van der Waals surface area contributed by atoms with Crippen LogP contribution in [-0.2, 0) is 0 Å². The molecule has 3 atom stereocenters. The Morgan fingerprint density at radius 3 is 2.83 bits per heavy atom. The Bertz CT molecular complexity index is 602. The molecular formula is C15H18N2S. The SMILES string of the molecule is CN(C)c1ccc2sc(C3NCC4CC43)cc2c1. The lowest BCUT2D eigenvalue weighted by Crippen LogP contribution is -2.16. The Morgan fingerprint density at radius 1 is 1.28 bits per heavy atom. The molecule has 94 valence electrons. The molecule has 0 spiro atoms. The normalized spacial score (nSPS) is 29.6. The maximum absolute atomic E-state index is 3.67. The van der Waals surface area contributed by atoms with Crippen LogP contribution in [0.15, 0.2) is 24.3 Å². The Labute approximate surface area is 112 Å². The first-order valence-corrected chi connectivity index (χ1v) is 7.48. The average Bonchev–Trinajstić information content (AvgIpc) is 2.85. The molecule has 0 amide bonds. The number of rotatable bonds is 2. The Balaban J connectivity index is 1.74. The summed E-state index contributed by atoms with van der Waals surface area (Å²) in [4.78, 5) is 3.70. The van der Waals surface area contributed by atoms with Gasteiger partial charge in [-0.25, -0.2) is 0 Å². The van der Waals surface area contributed by atoms with Crippen molar-refractivity contribution >= 4 is 27.1 Å². The first-order valence-electron chi connectivity index (χ1n) is 6.66.